The SMILES string of the molecule is CCOC(=O)c1c(NC(C)=O)c2c(C)c(C)sc2n1[C@@H](CC)C(=O)N1C[C@H](C)C[C@H](C)C1. The molecule has 1 fully saturated rings. The maximum atomic E-state index is 13.8. The second-order valence-electron chi connectivity index (χ2n) is 9.07. The van der Waals surface area contributed by atoms with Crippen molar-refractivity contribution in [3.05, 3.63) is 16.1 Å². The van der Waals surface area contributed by atoms with Crippen molar-refractivity contribution in [1.29, 1.82) is 0 Å². The molecule has 8 heteroatoms. The van der Waals surface area contributed by atoms with E-state index < -0.39 is 12.0 Å². The summed E-state index contributed by atoms with van der Waals surface area (Å²) in [5.74, 6) is 0.108. The van der Waals surface area contributed by atoms with Crippen molar-refractivity contribution in [3.8, 4) is 0 Å². The van der Waals surface area contributed by atoms with Crippen LogP contribution in [0, 0.1) is 25.7 Å². The maximum absolute atomic E-state index is 13.8. The van der Waals surface area contributed by atoms with Gasteiger partial charge in [0.2, 0.25) is 11.8 Å². The number of carbonyl (C=O) groups is 3. The fourth-order valence-electron chi connectivity index (χ4n) is 4.93. The van der Waals surface area contributed by atoms with Crippen LogP contribution < -0.4 is 5.32 Å². The van der Waals surface area contributed by atoms with Gasteiger partial charge in [-0.1, -0.05) is 20.8 Å². The zero-order valence-electron chi connectivity index (χ0n) is 20.2. The molecule has 2 aromatic rings. The van der Waals surface area contributed by atoms with Crippen molar-refractivity contribution < 1.29 is 19.1 Å². The van der Waals surface area contributed by atoms with E-state index in [4.69, 9.17) is 4.74 Å². The molecule has 1 N–H and O–H groups in total. The molecule has 0 saturated carbocycles. The minimum absolute atomic E-state index is 0.0198. The van der Waals surface area contributed by atoms with Gasteiger partial charge >= 0.3 is 5.97 Å². The highest BCUT2D eigenvalue weighted by Crippen LogP contribution is 2.43. The highest BCUT2D eigenvalue weighted by atomic mass is 32.1. The number of nitrogens with one attached hydrogen (secondary N) is 1. The lowest BCUT2D eigenvalue weighted by atomic mass is 9.91. The molecule has 2 amide bonds. The van der Waals surface area contributed by atoms with Gasteiger partial charge in [0.15, 0.2) is 5.69 Å². The molecule has 0 spiro atoms. The number of anilines is 1. The van der Waals surface area contributed by atoms with Crippen molar-refractivity contribution in [2.45, 2.75) is 67.3 Å². The summed E-state index contributed by atoms with van der Waals surface area (Å²) in [6.45, 7) is 15.1. The Morgan fingerprint density at radius 2 is 1.78 bits per heavy atom. The van der Waals surface area contributed by atoms with Gasteiger partial charge in [-0.2, -0.15) is 0 Å². The standard InChI is InChI=1S/C24H35N3O4S/c1-8-18(22(29)26-11-13(3)10-14(4)12-26)27-21(24(30)31-9-2)20(25-17(7)28)19-15(5)16(6)32-23(19)27/h13-14,18H,8-12H2,1-7H3,(H,25,28)/t13-,14+,18-/m0/s1. The molecule has 1 aliphatic heterocycles. The van der Waals surface area contributed by atoms with Crippen molar-refractivity contribution in [2.75, 3.05) is 25.0 Å². The number of carbonyl (C=O) groups excluding carboxylic acids is 3. The largest absolute Gasteiger partial charge is 0.461 e. The topological polar surface area (TPSA) is 80.6 Å². The molecule has 7 nitrogen and oxygen atoms in total. The molecule has 2 aromatic heterocycles. The van der Waals surface area contributed by atoms with Gasteiger partial charge < -0.3 is 19.5 Å². The van der Waals surface area contributed by atoms with Crippen molar-refractivity contribution in [2.24, 2.45) is 11.8 Å². The number of esters is 1. The lowest BCUT2D eigenvalue weighted by Crippen LogP contribution is -2.46. The Kier molecular flexibility index (Phi) is 7.32. The third-order valence-electron chi connectivity index (χ3n) is 6.25. The van der Waals surface area contributed by atoms with E-state index in [0.717, 1.165) is 40.2 Å². The summed E-state index contributed by atoms with van der Waals surface area (Å²) in [6.07, 6.45) is 1.64. The van der Waals surface area contributed by atoms with E-state index in [2.05, 4.69) is 19.2 Å². The number of rotatable bonds is 6. The van der Waals surface area contributed by atoms with Crippen LogP contribution in [0.5, 0.6) is 0 Å². The minimum atomic E-state index is -0.547. The number of fused-ring (bicyclic) bond motifs is 1. The lowest BCUT2D eigenvalue weighted by Gasteiger charge is -2.37. The maximum Gasteiger partial charge on any atom is 0.357 e. The van der Waals surface area contributed by atoms with E-state index in [-0.39, 0.29) is 24.1 Å². The molecule has 3 atom stereocenters. The van der Waals surface area contributed by atoms with Gasteiger partial charge in [0, 0.05) is 30.3 Å². The number of amides is 2. The Balaban J connectivity index is 2.23. The molecule has 32 heavy (non-hydrogen) atoms. The smallest absolute Gasteiger partial charge is 0.357 e. The second-order valence-corrected chi connectivity index (χ2v) is 10.3. The molecule has 3 rings (SSSR count). The first-order chi connectivity index (χ1) is 15.1. The predicted octanol–water partition coefficient (Wildman–Crippen LogP) is 4.91. The van der Waals surface area contributed by atoms with E-state index in [9.17, 15) is 14.4 Å². The molecule has 176 valence electrons. The van der Waals surface area contributed by atoms with Crippen LogP contribution in [0.1, 0.15) is 74.4 Å². The van der Waals surface area contributed by atoms with Crippen molar-refractivity contribution in [3.63, 3.8) is 0 Å². The van der Waals surface area contributed by atoms with Gasteiger partial charge in [0.05, 0.1) is 12.3 Å². The van der Waals surface area contributed by atoms with Crippen LogP contribution in [0.15, 0.2) is 0 Å². The molecule has 0 aromatic carbocycles. The summed E-state index contributed by atoms with van der Waals surface area (Å²) < 4.78 is 7.21. The summed E-state index contributed by atoms with van der Waals surface area (Å²) >= 11 is 1.54. The minimum Gasteiger partial charge on any atom is -0.461 e. The Morgan fingerprint density at radius 3 is 2.31 bits per heavy atom. The summed E-state index contributed by atoms with van der Waals surface area (Å²) in [5, 5.41) is 3.68. The lowest BCUT2D eigenvalue weighted by molar-refractivity contribution is -0.137. The summed E-state index contributed by atoms with van der Waals surface area (Å²) in [7, 11) is 0. The second kappa shape index (κ2) is 9.65. The summed E-state index contributed by atoms with van der Waals surface area (Å²) in [6, 6.07) is -0.547. The number of piperidine rings is 1. The van der Waals surface area contributed by atoms with Crippen molar-refractivity contribution in [1.82, 2.24) is 9.47 Å². The van der Waals surface area contributed by atoms with Crippen LogP contribution in [-0.2, 0) is 14.3 Å². The number of aryl methyl sites for hydroxylation is 2. The molecule has 1 saturated heterocycles. The van der Waals surface area contributed by atoms with Crippen LogP contribution in [0.3, 0.4) is 0 Å². The van der Waals surface area contributed by atoms with E-state index in [0.29, 0.717) is 23.9 Å². The van der Waals surface area contributed by atoms with E-state index in [1.54, 1.807) is 18.3 Å². The zero-order valence-corrected chi connectivity index (χ0v) is 21.0. The number of likely N-dealkylation sites (tertiary alicyclic amines) is 1. The van der Waals surface area contributed by atoms with Crippen molar-refractivity contribution >= 4 is 45.0 Å². The number of ether oxygens (including phenoxy) is 1. The monoisotopic (exact) mass is 461 g/mol. The number of aromatic nitrogens is 1. The van der Waals surface area contributed by atoms with Crippen LogP contribution in [-0.4, -0.2) is 46.9 Å². The van der Waals surface area contributed by atoms with E-state index >= 15 is 0 Å². The third-order valence-corrected chi connectivity index (χ3v) is 7.45. The van der Waals surface area contributed by atoms with Crippen LogP contribution in [0.25, 0.3) is 10.2 Å². The molecule has 3 heterocycles. The average Bonchev–Trinajstić information content (AvgIpc) is 3.16. The Bertz CT molecular complexity index is 1030. The van der Waals surface area contributed by atoms with Gasteiger partial charge in [0.25, 0.3) is 0 Å². The molecular weight excluding hydrogens is 426 g/mol. The third kappa shape index (κ3) is 4.42. The van der Waals surface area contributed by atoms with Gasteiger partial charge in [-0.05, 0) is 51.0 Å². The van der Waals surface area contributed by atoms with Crippen LogP contribution in [0.2, 0.25) is 0 Å². The molecule has 0 bridgehead atoms. The van der Waals surface area contributed by atoms with Crippen LogP contribution in [0.4, 0.5) is 5.69 Å². The highest BCUT2D eigenvalue weighted by molar-refractivity contribution is 7.19. The zero-order chi connectivity index (χ0) is 23.7. The number of thiophene rings is 1. The summed E-state index contributed by atoms with van der Waals surface area (Å²) in [5.41, 5.74) is 1.70. The first-order valence-electron chi connectivity index (χ1n) is 11.5. The molecule has 0 unspecified atom stereocenters. The normalized spacial score (nSPS) is 19.8. The first kappa shape index (κ1) is 24.3. The fourth-order valence-corrected chi connectivity index (χ4v) is 6.15. The molecule has 0 radical (unpaired) electrons. The Labute approximate surface area is 194 Å². The average molecular weight is 462 g/mol. The van der Waals surface area contributed by atoms with Gasteiger partial charge in [0.1, 0.15) is 10.9 Å². The van der Waals surface area contributed by atoms with Gasteiger partial charge in [-0.15, -0.1) is 11.3 Å². The highest BCUT2D eigenvalue weighted by Gasteiger charge is 2.36. The fraction of sp³-hybridized carbons (Fsp3) is 0.625. The number of hydrogen-bond acceptors (Lipinski definition) is 5. The number of hydrogen-bond donors (Lipinski definition) is 1. The van der Waals surface area contributed by atoms with E-state index in [1.807, 2.05) is 30.2 Å². The Hall–Kier alpha value is -2.35. The van der Waals surface area contributed by atoms with Gasteiger partial charge in [-0.3, -0.25) is 9.59 Å². The Morgan fingerprint density at radius 1 is 1.16 bits per heavy atom. The van der Waals surface area contributed by atoms with Crippen LogP contribution >= 0.6 is 11.3 Å². The first-order valence-corrected chi connectivity index (χ1v) is 12.3. The molecule has 1 aliphatic rings. The van der Waals surface area contributed by atoms with Gasteiger partial charge in [-0.25, -0.2) is 4.79 Å². The molecule has 0 aliphatic carbocycles. The van der Waals surface area contributed by atoms with E-state index in [1.165, 1.54) is 6.92 Å². The number of nitrogens with zero attached hydrogens (tertiary/aromatic N) is 2. The quantitative estimate of drug-likeness (QED) is 0.620. The predicted molar refractivity (Wildman–Crippen MR) is 128 cm³/mol. The molecular formula is C24H35N3O4S. The summed E-state index contributed by atoms with van der Waals surface area (Å²) in [4.78, 5) is 42.9.